The Kier molecular flexibility index (Phi) is 6.11. The number of anilines is 1. The predicted octanol–water partition coefficient (Wildman–Crippen LogP) is 1.13. The van der Waals surface area contributed by atoms with E-state index in [4.69, 9.17) is 0 Å². The van der Waals surface area contributed by atoms with Crippen molar-refractivity contribution >= 4 is 27.5 Å². The summed E-state index contributed by atoms with van der Waals surface area (Å²) in [5.41, 5.74) is 1.12. The van der Waals surface area contributed by atoms with Crippen LogP contribution in [0.4, 0.5) is 5.69 Å². The number of nitrogens with zero attached hydrogens (tertiary/aromatic N) is 3. The predicted molar refractivity (Wildman–Crippen MR) is 118 cm³/mol. The van der Waals surface area contributed by atoms with Crippen LogP contribution in [0, 0.1) is 0 Å². The summed E-state index contributed by atoms with van der Waals surface area (Å²) in [7, 11) is -3.82. The molecule has 172 valence electrons. The maximum absolute atomic E-state index is 13.0. The van der Waals surface area contributed by atoms with E-state index in [0.717, 1.165) is 0 Å². The molecule has 33 heavy (non-hydrogen) atoms. The number of rotatable bonds is 5. The first-order valence-corrected chi connectivity index (χ1v) is 11.5. The summed E-state index contributed by atoms with van der Waals surface area (Å²) in [6.45, 7) is 2.47. The fraction of sp³-hybridized carbons (Fsp3) is 0.238. The zero-order valence-corrected chi connectivity index (χ0v) is 18.5. The van der Waals surface area contributed by atoms with Gasteiger partial charge in [-0.3, -0.25) is 19.1 Å². The summed E-state index contributed by atoms with van der Waals surface area (Å²) < 4.78 is 31.9. The van der Waals surface area contributed by atoms with E-state index >= 15 is 0 Å². The van der Waals surface area contributed by atoms with Crippen LogP contribution < -0.4 is 11.1 Å². The third-order valence-electron chi connectivity index (χ3n) is 5.25. The normalized spacial score (nSPS) is 14.8. The van der Waals surface area contributed by atoms with Crippen molar-refractivity contribution in [3.05, 3.63) is 64.6 Å². The third kappa shape index (κ3) is 4.86. The summed E-state index contributed by atoms with van der Waals surface area (Å²) in [6, 6.07) is 12.4. The molecule has 1 aromatic heterocycles. The average molecular weight is 471 g/mol. The van der Waals surface area contributed by atoms with Crippen LogP contribution in [-0.2, 0) is 14.8 Å². The van der Waals surface area contributed by atoms with Crippen molar-refractivity contribution in [1.29, 1.82) is 0 Å². The van der Waals surface area contributed by atoms with E-state index in [0.29, 0.717) is 24.3 Å². The maximum Gasteiger partial charge on any atom is 0.439 e. The Morgan fingerprint density at radius 2 is 1.79 bits per heavy atom. The molecule has 4 rings (SSSR count). The number of sulfonamides is 1. The van der Waals surface area contributed by atoms with Crippen LogP contribution in [0.25, 0.3) is 11.4 Å². The number of aromatic nitrogens is 2. The van der Waals surface area contributed by atoms with Gasteiger partial charge in [-0.15, -0.1) is 0 Å². The van der Waals surface area contributed by atoms with Gasteiger partial charge in [-0.05, 0) is 30.3 Å². The zero-order chi connectivity index (χ0) is 23.6. The molecule has 2 amide bonds. The van der Waals surface area contributed by atoms with Gasteiger partial charge in [0.15, 0.2) is 5.82 Å². The molecule has 1 fully saturated rings. The van der Waals surface area contributed by atoms with E-state index in [1.807, 2.05) is 0 Å². The van der Waals surface area contributed by atoms with Crippen LogP contribution in [-0.4, -0.2) is 65.8 Å². The Balaban J connectivity index is 1.50. The molecule has 1 aliphatic heterocycles. The fourth-order valence-corrected chi connectivity index (χ4v) is 4.96. The van der Waals surface area contributed by atoms with E-state index in [9.17, 15) is 22.8 Å². The molecular formula is C21H21N5O6S. The van der Waals surface area contributed by atoms with Crippen LogP contribution in [0.15, 0.2) is 62.7 Å². The lowest BCUT2D eigenvalue weighted by Crippen LogP contribution is -2.49. The number of hydrogen-bond acceptors (Lipinski definition) is 7. The van der Waals surface area contributed by atoms with Crippen LogP contribution in [0.2, 0.25) is 0 Å². The molecule has 0 unspecified atom stereocenters. The summed E-state index contributed by atoms with van der Waals surface area (Å²) in [6.07, 6.45) is 0. The Morgan fingerprint density at radius 1 is 1.06 bits per heavy atom. The standard InChI is InChI=1S/C21H21N5O6S/c1-14(27)25-8-10-26(11-9-25)33(30,31)18-7-3-5-16(13-18)20(28)22-17-6-2-4-15(12-17)19-23-21(29)32-24-19/h2-7,12-13H,8-11H2,1H3,(H,22,28)(H,23,24,29). The van der Waals surface area contributed by atoms with Gasteiger partial charge in [0.2, 0.25) is 15.9 Å². The first kappa shape index (κ1) is 22.4. The molecule has 11 nitrogen and oxygen atoms in total. The molecule has 3 aromatic rings. The Bertz CT molecular complexity index is 1350. The van der Waals surface area contributed by atoms with Crippen LogP contribution >= 0.6 is 0 Å². The molecular weight excluding hydrogens is 450 g/mol. The van der Waals surface area contributed by atoms with Gasteiger partial charge in [0.25, 0.3) is 5.91 Å². The van der Waals surface area contributed by atoms with E-state index in [-0.39, 0.29) is 35.3 Å². The summed E-state index contributed by atoms with van der Waals surface area (Å²) in [5.74, 6) is -1.07. The minimum absolute atomic E-state index is 0.000322. The molecule has 2 heterocycles. The van der Waals surface area contributed by atoms with E-state index < -0.39 is 21.7 Å². The van der Waals surface area contributed by atoms with Crippen molar-refractivity contribution in [2.75, 3.05) is 31.5 Å². The number of carbonyl (C=O) groups excluding carboxylic acids is 2. The van der Waals surface area contributed by atoms with Crippen molar-refractivity contribution < 1.29 is 22.5 Å². The molecule has 2 N–H and O–H groups in total. The molecule has 0 radical (unpaired) electrons. The lowest BCUT2D eigenvalue weighted by atomic mass is 10.1. The van der Waals surface area contributed by atoms with Gasteiger partial charge >= 0.3 is 5.76 Å². The van der Waals surface area contributed by atoms with E-state index in [1.54, 1.807) is 29.2 Å². The number of amides is 2. The Morgan fingerprint density at radius 3 is 2.45 bits per heavy atom. The minimum Gasteiger partial charge on any atom is -0.340 e. The van der Waals surface area contributed by atoms with Gasteiger partial charge < -0.3 is 10.2 Å². The molecule has 0 bridgehead atoms. The molecule has 1 aliphatic rings. The maximum atomic E-state index is 13.0. The van der Waals surface area contributed by atoms with E-state index in [2.05, 4.69) is 20.0 Å². The average Bonchev–Trinajstić information content (AvgIpc) is 3.25. The van der Waals surface area contributed by atoms with Gasteiger partial charge in [0.05, 0.1) is 4.90 Å². The van der Waals surface area contributed by atoms with E-state index in [1.165, 1.54) is 35.5 Å². The Labute approximate surface area is 189 Å². The second-order valence-corrected chi connectivity index (χ2v) is 9.35. The summed E-state index contributed by atoms with van der Waals surface area (Å²) in [5, 5.41) is 6.32. The van der Waals surface area contributed by atoms with Crippen molar-refractivity contribution in [1.82, 2.24) is 19.3 Å². The summed E-state index contributed by atoms with van der Waals surface area (Å²) in [4.78, 5) is 39.5. The lowest BCUT2D eigenvalue weighted by molar-refractivity contribution is -0.129. The molecule has 0 saturated carbocycles. The van der Waals surface area contributed by atoms with Gasteiger partial charge in [0, 0.05) is 49.9 Å². The number of H-pyrrole nitrogens is 1. The topological polar surface area (TPSA) is 146 Å². The smallest absolute Gasteiger partial charge is 0.340 e. The van der Waals surface area contributed by atoms with Crippen LogP contribution in [0.3, 0.4) is 0 Å². The second kappa shape index (κ2) is 9.00. The third-order valence-corrected chi connectivity index (χ3v) is 7.15. The number of carbonyl (C=O) groups is 2. The number of hydrogen-bond donors (Lipinski definition) is 2. The molecule has 1 saturated heterocycles. The van der Waals surface area contributed by atoms with Crippen LogP contribution in [0.5, 0.6) is 0 Å². The monoisotopic (exact) mass is 471 g/mol. The van der Waals surface area contributed by atoms with Crippen molar-refractivity contribution in [3.8, 4) is 11.4 Å². The highest BCUT2D eigenvalue weighted by molar-refractivity contribution is 7.89. The first-order valence-electron chi connectivity index (χ1n) is 10.1. The molecule has 12 heteroatoms. The highest BCUT2D eigenvalue weighted by Crippen LogP contribution is 2.21. The van der Waals surface area contributed by atoms with Crippen LogP contribution in [0.1, 0.15) is 17.3 Å². The van der Waals surface area contributed by atoms with Crippen molar-refractivity contribution in [3.63, 3.8) is 0 Å². The quantitative estimate of drug-likeness (QED) is 0.567. The lowest BCUT2D eigenvalue weighted by Gasteiger charge is -2.33. The van der Waals surface area contributed by atoms with Gasteiger partial charge in [0.1, 0.15) is 0 Å². The van der Waals surface area contributed by atoms with Crippen molar-refractivity contribution in [2.45, 2.75) is 11.8 Å². The largest absolute Gasteiger partial charge is 0.439 e. The molecule has 0 spiro atoms. The number of piperazine rings is 1. The molecule has 2 aromatic carbocycles. The van der Waals surface area contributed by atoms with Gasteiger partial charge in [-0.25, -0.2) is 13.2 Å². The Hall–Kier alpha value is -3.77. The second-order valence-electron chi connectivity index (χ2n) is 7.42. The van der Waals surface area contributed by atoms with Crippen molar-refractivity contribution in [2.24, 2.45) is 0 Å². The zero-order valence-electron chi connectivity index (χ0n) is 17.6. The van der Waals surface area contributed by atoms with Gasteiger partial charge in [-0.1, -0.05) is 23.4 Å². The molecule has 0 atom stereocenters. The number of benzene rings is 2. The summed E-state index contributed by atoms with van der Waals surface area (Å²) >= 11 is 0. The number of nitrogens with one attached hydrogen (secondary N) is 2. The minimum atomic E-state index is -3.82. The highest BCUT2D eigenvalue weighted by atomic mass is 32.2. The SMILES string of the molecule is CC(=O)N1CCN(S(=O)(=O)c2cccc(C(=O)Nc3cccc(-c4noc(=O)[nH]4)c3)c2)CC1. The molecule has 0 aliphatic carbocycles. The first-order chi connectivity index (χ1) is 15.7. The highest BCUT2D eigenvalue weighted by Gasteiger charge is 2.29. The number of aromatic amines is 1. The van der Waals surface area contributed by atoms with Gasteiger partial charge in [-0.2, -0.15) is 4.31 Å². The fourth-order valence-electron chi connectivity index (χ4n) is 3.49.